The molecule has 0 radical (unpaired) electrons. The minimum absolute atomic E-state index is 0.747. The van der Waals surface area contributed by atoms with E-state index in [9.17, 15) is 0 Å². The monoisotopic (exact) mass is 250 g/mol. The van der Waals surface area contributed by atoms with Crippen molar-refractivity contribution in [2.24, 2.45) is 5.92 Å². The van der Waals surface area contributed by atoms with E-state index in [1.54, 1.807) is 13.4 Å². The Hall–Kier alpha value is -1.52. The lowest BCUT2D eigenvalue weighted by Gasteiger charge is -2.20. The average Bonchev–Trinajstić information content (AvgIpc) is 2.86. The summed E-state index contributed by atoms with van der Waals surface area (Å²) in [5, 5.41) is 3.04. The summed E-state index contributed by atoms with van der Waals surface area (Å²) >= 11 is 0. The van der Waals surface area contributed by atoms with Gasteiger partial charge in [0.1, 0.15) is 6.33 Å². The zero-order valence-electron chi connectivity index (χ0n) is 11.4. The van der Waals surface area contributed by atoms with Crippen LogP contribution in [-0.2, 0) is 0 Å². The van der Waals surface area contributed by atoms with Gasteiger partial charge in [0.25, 0.3) is 0 Å². The number of hydrogen-bond acceptors (Lipinski definition) is 5. The molecule has 2 rings (SSSR count). The van der Waals surface area contributed by atoms with Crippen LogP contribution >= 0.6 is 0 Å². The summed E-state index contributed by atoms with van der Waals surface area (Å²) < 4.78 is 5.45. The SMILES string of the molecule is CCCC1CCN(c2ncnc(NC)c2OC)C1. The lowest BCUT2D eigenvalue weighted by Crippen LogP contribution is -2.22. The Balaban J connectivity index is 2.18. The van der Waals surface area contributed by atoms with Gasteiger partial charge in [0.2, 0.25) is 5.75 Å². The van der Waals surface area contributed by atoms with Crippen LogP contribution in [0.5, 0.6) is 5.75 Å². The van der Waals surface area contributed by atoms with Crippen LogP contribution in [0.2, 0.25) is 0 Å². The molecule has 0 bridgehead atoms. The van der Waals surface area contributed by atoms with Crippen LogP contribution in [-0.4, -0.2) is 37.2 Å². The molecule has 1 atom stereocenters. The van der Waals surface area contributed by atoms with Crippen LogP contribution < -0.4 is 15.0 Å². The Morgan fingerprint density at radius 1 is 1.50 bits per heavy atom. The molecule has 1 N–H and O–H groups in total. The fourth-order valence-corrected chi connectivity index (χ4v) is 2.62. The third kappa shape index (κ3) is 2.49. The van der Waals surface area contributed by atoms with Crippen LogP contribution in [0.4, 0.5) is 11.6 Å². The molecule has 1 aromatic heterocycles. The van der Waals surface area contributed by atoms with Gasteiger partial charge in [-0.05, 0) is 18.8 Å². The minimum atomic E-state index is 0.747. The van der Waals surface area contributed by atoms with Gasteiger partial charge in [0.05, 0.1) is 7.11 Å². The molecule has 1 aromatic rings. The molecule has 1 saturated heterocycles. The van der Waals surface area contributed by atoms with Crippen molar-refractivity contribution < 1.29 is 4.74 Å². The second kappa shape index (κ2) is 5.89. The van der Waals surface area contributed by atoms with E-state index >= 15 is 0 Å². The highest BCUT2D eigenvalue weighted by Crippen LogP contribution is 2.35. The van der Waals surface area contributed by atoms with Crippen molar-refractivity contribution in [1.29, 1.82) is 0 Å². The summed E-state index contributed by atoms with van der Waals surface area (Å²) in [7, 11) is 3.52. The molecular weight excluding hydrogens is 228 g/mol. The topological polar surface area (TPSA) is 50.3 Å². The van der Waals surface area contributed by atoms with Gasteiger partial charge in [-0.25, -0.2) is 9.97 Å². The molecule has 0 aromatic carbocycles. The third-order valence-corrected chi connectivity index (χ3v) is 3.51. The minimum Gasteiger partial charge on any atom is -0.490 e. The van der Waals surface area contributed by atoms with Crippen LogP contribution in [0.1, 0.15) is 26.2 Å². The van der Waals surface area contributed by atoms with Gasteiger partial charge in [0, 0.05) is 20.1 Å². The summed E-state index contributed by atoms with van der Waals surface area (Å²) in [6, 6.07) is 0. The predicted molar refractivity (Wildman–Crippen MR) is 73.4 cm³/mol. The van der Waals surface area contributed by atoms with E-state index in [4.69, 9.17) is 4.74 Å². The third-order valence-electron chi connectivity index (χ3n) is 3.51. The molecule has 5 heteroatoms. The Morgan fingerprint density at radius 3 is 3.00 bits per heavy atom. The summed E-state index contributed by atoms with van der Waals surface area (Å²) in [5.74, 6) is 3.20. The van der Waals surface area contributed by atoms with Crippen molar-refractivity contribution in [2.45, 2.75) is 26.2 Å². The Labute approximate surface area is 109 Å². The second-order valence-corrected chi connectivity index (χ2v) is 4.72. The molecule has 1 aliphatic heterocycles. The number of methoxy groups -OCH3 is 1. The fourth-order valence-electron chi connectivity index (χ4n) is 2.62. The first-order chi connectivity index (χ1) is 8.80. The predicted octanol–water partition coefficient (Wildman–Crippen LogP) is 2.15. The van der Waals surface area contributed by atoms with E-state index < -0.39 is 0 Å². The molecule has 1 aliphatic rings. The van der Waals surface area contributed by atoms with Crippen LogP contribution in [0.25, 0.3) is 0 Å². The molecule has 0 amide bonds. The fraction of sp³-hybridized carbons (Fsp3) is 0.692. The van der Waals surface area contributed by atoms with E-state index in [1.807, 2.05) is 7.05 Å². The van der Waals surface area contributed by atoms with Crippen LogP contribution in [0.15, 0.2) is 6.33 Å². The van der Waals surface area contributed by atoms with E-state index in [2.05, 4.69) is 27.1 Å². The molecule has 0 aliphatic carbocycles. The highest BCUT2D eigenvalue weighted by Gasteiger charge is 2.26. The van der Waals surface area contributed by atoms with Crippen molar-refractivity contribution in [3.8, 4) is 5.75 Å². The molecule has 18 heavy (non-hydrogen) atoms. The largest absolute Gasteiger partial charge is 0.490 e. The molecule has 5 nitrogen and oxygen atoms in total. The van der Waals surface area contributed by atoms with E-state index in [1.165, 1.54) is 19.3 Å². The van der Waals surface area contributed by atoms with Gasteiger partial charge in [-0.1, -0.05) is 13.3 Å². The molecular formula is C13H22N4O. The number of aromatic nitrogens is 2. The Bertz CT molecular complexity index is 397. The smallest absolute Gasteiger partial charge is 0.204 e. The first-order valence-corrected chi connectivity index (χ1v) is 6.61. The lowest BCUT2D eigenvalue weighted by molar-refractivity contribution is 0.412. The van der Waals surface area contributed by atoms with E-state index in [-0.39, 0.29) is 0 Å². The Morgan fingerprint density at radius 2 is 2.33 bits per heavy atom. The summed E-state index contributed by atoms with van der Waals surface area (Å²) in [5.41, 5.74) is 0. The molecule has 0 saturated carbocycles. The number of rotatable bonds is 5. The molecule has 0 spiro atoms. The number of nitrogens with zero attached hydrogens (tertiary/aromatic N) is 3. The number of ether oxygens (including phenoxy) is 1. The maximum Gasteiger partial charge on any atom is 0.204 e. The van der Waals surface area contributed by atoms with E-state index in [0.29, 0.717) is 0 Å². The van der Waals surface area contributed by atoms with Crippen molar-refractivity contribution in [3.05, 3.63) is 6.33 Å². The number of hydrogen-bond donors (Lipinski definition) is 1. The number of nitrogens with one attached hydrogen (secondary N) is 1. The van der Waals surface area contributed by atoms with Gasteiger partial charge in [-0.15, -0.1) is 0 Å². The first kappa shape index (κ1) is 12.9. The lowest BCUT2D eigenvalue weighted by atomic mass is 10.0. The van der Waals surface area contributed by atoms with Gasteiger partial charge in [-0.2, -0.15) is 0 Å². The standard InChI is InChI=1S/C13H22N4O/c1-4-5-10-6-7-17(8-10)13-11(18-3)12(14-2)15-9-16-13/h9-10H,4-8H2,1-3H3,(H,14,15,16). The van der Waals surface area contributed by atoms with Crippen molar-refractivity contribution in [2.75, 3.05) is 37.5 Å². The summed E-state index contributed by atoms with van der Waals surface area (Å²) in [4.78, 5) is 10.9. The molecule has 2 heterocycles. The van der Waals surface area contributed by atoms with Gasteiger partial charge < -0.3 is 15.0 Å². The highest BCUT2D eigenvalue weighted by atomic mass is 16.5. The zero-order chi connectivity index (χ0) is 13.0. The number of anilines is 2. The summed E-state index contributed by atoms with van der Waals surface area (Å²) in [6.45, 7) is 4.37. The first-order valence-electron chi connectivity index (χ1n) is 6.61. The van der Waals surface area contributed by atoms with Crippen molar-refractivity contribution in [3.63, 3.8) is 0 Å². The highest BCUT2D eigenvalue weighted by molar-refractivity contribution is 5.64. The maximum absolute atomic E-state index is 5.45. The second-order valence-electron chi connectivity index (χ2n) is 4.72. The molecule has 1 fully saturated rings. The molecule has 100 valence electrons. The average molecular weight is 250 g/mol. The van der Waals surface area contributed by atoms with Gasteiger partial charge >= 0.3 is 0 Å². The quantitative estimate of drug-likeness (QED) is 0.867. The van der Waals surface area contributed by atoms with Crippen LogP contribution in [0, 0.1) is 5.92 Å². The van der Waals surface area contributed by atoms with Crippen molar-refractivity contribution >= 4 is 11.6 Å². The van der Waals surface area contributed by atoms with Crippen LogP contribution in [0.3, 0.4) is 0 Å². The normalized spacial score (nSPS) is 19.1. The zero-order valence-corrected chi connectivity index (χ0v) is 11.4. The van der Waals surface area contributed by atoms with E-state index in [0.717, 1.165) is 36.4 Å². The van der Waals surface area contributed by atoms with Gasteiger partial charge in [-0.3, -0.25) is 0 Å². The maximum atomic E-state index is 5.45. The molecule has 1 unspecified atom stereocenters. The van der Waals surface area contributed by atoms with Crippen molar-refractivity contribution in [1.82, 2.24) is 9.97 Å². The summed E-state index contributed by atoms with van der Waals surface area (Å²) in [6.07, 6.45) is 5.39. The Kier molecular flexibility index (Phi) is 4.23. The van der Waals surface area contributed by atoms with Gasteiger partial charge in [0.15, 0.2) is 11.6 Å².